The number of benzene rings is 2. The lowest BCUT2D eigenvalue weighted by Gasteiger charge is -2.24. The lowest BCUT2D eigenvalue weighted by molar-refractivity contribution is -0.120. The van der Waals surface area contributed by atoms with Gasteiger partial charge in [-0.25, -0.2) is 0 Å². The molecule has 0 aliphatic rings. The highest BCUT2D eigenvalue weighted by Gasteiger charge is 2.24. The number of amides is 2. The molecule has 2 N–H and O–H groups in total. The van der Waals surface area contributed by atoms with Gasteiger partial charge < -0.3 is 10.6 Å². The highest BCUT2D eigenvalue weighted by molar-refractivity contribution is 5.91. The van der Waals surface area contributed by atoms with E-state index in [4.69, 9.17) is 0 Å². The van der Waals surface area contributed by atoms with Crippen LogP contribution in [0.4, 0.5) is 5.69 Å². The van der Waals surface area contributed by atoms with Gasteiger partial charge in [0.1, 0.15) is 0 Å². The zero-order valence-electron chi connectivity index (χ0n) is 14.4. The Kier molecular flexibility index (Phi) is 5.74. The van der Waals surface area contributed by atoms with Crippen LogP contribution in [-0.4, -0.2) is 18.9 Å². The van der Waals surface area contributed by atoms with E-state index in [1.807, 2.05) is 54.6 Å². The van der Waals surface area contributed by atoms with Gasteiger partial charge in [0.2, 0.25) is 11.8 Å². The first-order valence-corrected chi connectivity index (χ1v) is 8.05. The molecule has 0 atom stereocenters. The van der Waals surface area contributed by atoms with Crippen molar-refractivity contribution in [1.29, 1.82) is 0 Å². The first-order chi connectivity index (χ1) is 11.4. The molecule has 24 heavy (non-hydrogen) atoms. The quantitative estimate of drug-likeness (QED) is 0.857. The van der Waals surface area contributed by atoms with Crippen LogP contribution in [0.5, 0.6) is 0 Å². The molecule has 0 saturated heterocycles. The summed E-state index contributed by atoms with van der Waals surface area (Å²) in [5, 5.41) is 5.52. The van der Waals surface area contributed by atoms with Crippen LogP contribution < -0.4 is 10.6 Å². The summed E-state index contributed by atoms with van der Waals surface area (Å²) in [4.78, 5) is 23.7. The van der Waals surface area contributed by atoms with Crippen molar-refractivity contribution in [2.45, 2.75) is 32.1 Å². The first kappa shape index (κ1) is 17.7. The summed E-state index contributed by atoms with van der Waals surface area (Å²) in [6.07, 6.45) is 0.739. The van der Waals surface area contributed by atoms with Crippen LogP contribution in [0.3, 0.4) is 0 Å². The summed E-state index contributed by atoms with van der Waals surface area (Å²) >= 11 is 0. The van der Waals surface area contributed by atoms with Crippen molar-refractivity contribution in [3.05, 3.63) is 65.7 Å². The number of likely N-dealkylation sites (N-methyl/N-ethyl adjacent to an activating group) is 1. The van der Waals surface area contributed by atoms with Gasteiger partial charge in [-0.2, -0.15) is 0 Å². The van der Waals surface area contributed by atoms with Crippen molar-refractivity contribution in [2.24, 2.45) is 0 Å². The van der Waals surface area contributed by atoms with Crippen LogP contribution in [0.2, 0.25) is 0 Å². The maximum Gasteiger partial charge on any atom is 0.225 e. The minimum atomic E-state index is -0.232. The van der Waals surface area contributed by atoms with Crippen LogP contribution in [-0.2, 0) is 21.4 Å². The zero-order chi connectivity index (χ0) is 17.6. The number of anilines is 1. The molecule has 126 valence electrons. The average Bonchev–Trinajstić information content (AvgIpc) is 2.57. The third-order valence-electron chi connectivity index (χ3n) is 4.04. The Balaban J connectivity index is 1.96. The molecule has 0 aliphatic heterocycles. The number of hydrogen-bond donors (Lipinski definition) is 2. The zero-order valence-corrected chi connectivity index (χ0v) is 14.4. The Morgan fingerprint density at radius 2 is 1.54 bits per heavy atom. The van der Waals surface area contributed by atoms with E-state index in [2.05, 4.69) is 24.5 Å². The molecule has 2 rings (SSSR count). The molecule has 0 bridgehead atoms. The van der Waals surface area contributed by atoms with Gasteiger partial charge in [0.25, 0.3) is 0 Å². The Bertz CT molecular complexity index is 691. The van der Waals surface area contributed by atoms with Crippen molar-refractivity contribution in [3.63, 3.8) is 0 Å². The van der Waals surface area contributed by atoms with E-state index in [0.29, 0.717) is 12.8 Å². The fourth-order valence-corrected chi connectivity index (χ4v) is 2.58. The van der Waals surface area contributed by atoms with Gasteiger partial charge in [-0.1, -0.05) is 56.3 Å². The molecule has 2 amide bonds. The number of rotatable bonds is 6. The van der Waals surface area contributed by atoms with Crippen molar-refractivity contribution in [1.82, 2.24) is 5.32 Å². The maximum atomic E-state index is 12.3. The second-order valence-corrected chi connectivity index (χ2v) is 6.52. The van der Waals surface area contributed by atoms with Gasteiger partial charge in [-0.05, 0) is 28.7 Å². The largest absolute Gasteiger partial charge is 0.359 e. The van der Waals surface area contributed by atoms with E-state index in [-0.39, 0.29) is 17.2 Å². The molecular weight excluding hydrogens is 300 g/mol. The Hall–Kier alpha value is -2.62. The van der Waals surface area contributed by atoms with Crippen LogP contribution in [0.1, 0.15) is 31.4 Å². The maximum absolute atomic E-state index is 12.3. The van der Waals surface area contributed by atoms with Crippen molar-refractivity contribution in [2.75, 3.05) is 12.4 Å². The number of hydrogen-bond acceptors (Lipinski definition) is 2. The normalized spacial score (nSPS) is 11.0. The molecule has 2 aromatic carbocycles. The van der Waals surface area contributed by atoms with Gasteiger partial charge in [-0.3, -0.25) is 9.59 Å². The van der Waals surface area contributed by atoms with E-state index in [1.165, 1.54) is 0 Å². The third-order valence-corrected chi connectivity index (χ3v) is 4.04. The fourth-order valence-electron chi connectivity index (χ4n) is 2.58. The third kappa shape index (κ3) is 4.95. The first-order valence-electron chi connectivity index (χ1n) is 8.05. The summed E-state index contributed by atoms with van der Waals surface area (Å²) in [6, 6.07) is 17.4. The molecule has 0 aromatic heterocycles. The van der Waals surface area contributed by atoms with E-state index >= 15 is 0 Å². The highest BCUT2D eigenvalue weighted by atomic mass is 16.2. The minimum Gasteiger partial charge on any atom is -0.359 e. The summed E-state index contributed by atoms with van der Waals surface area (Å²) in [7, 11) is 1.62. The topological polar surface area (TPSA) is 58.2 Å². The van der Waals surface area contributed by atoms with E-state index in [1.54, 1.807) is 7.05 Å². The van der Waals surface area contributed by atoms with E-state index in [9.17, 15) is 9.59 Å². The molecule has 0 spiro atoms. The Morgan fingerprint density at radius 3 is 2.12 bits per heavy atom. The molecule has 4 nitrogen and oxygen atoms in total. The fraction of sp³-hybridized carbons (Fsp3) is 0.300. The van der Waals surface area contributed by atoms with Crippen molar-refractivity contribution < 1.29 is 9.59 Å². The number of nitrogens with one attached hydrogen (secondary N) is 2. The van der Waals surface area contributed by atoms with Gasteiger partial charge in [0, 0.05) is 19.2 Å². The number of carbonyl (C=O) groups is 2. The smallest absolute Gasteiger partial charge is 0.225 e. The van der Waals surface area contributed by atoms with Crippen LogP contribution in [0.15, 0.2) is 54.6 Å². The lowest BCUT2D eigenvalue weighted by Crippen LogP contribution is -2.25. The Morgan fingerprint density at radius 1 is 0.917 bits per heavy atom. The molecule has 0 radical (unpaired) electrons. The monoisotopic (exact) mass is 324 g/mol. The second kappa shape index (κ2) is 7.77. The summed E-state index contributed by atoms with van der Waals surface area (Å²) in [5.74, 6) is -0.0562. The molecule has 0 heterocycles. The van der Waals surface area contributed by atoms with Crippen LogP contribution >= 0.6 is 0 Å². The summed E-state index contributed by atoms with van der Waals surface area (Å²) in [6.45, 7) is 4.13. The molecule has 4 heteroatoms. The lowest BCUT2D eigenvalue weighted by atomic mass is 9.81. The summed E-state index contributed by atoms with van der Waals surface area (Å²) < 4.78 is 0. The van der Waals surface area contributed by atoms with Crippen molar-refractivity contribution >= 4 is 17.5 Å². The van der Waals surface area contributed by atoms with E-state index < -0.39 is 0 Å². The van der Waals surface area contributed by atoms with Gasteiger partial charge in [0.15, 0.2) is 0 Å². The van der Waals surface area contributed by atoms with Crippen LogP contribution in [0, 0.1) is 0 Å². The molecular formula is C20H24N2O2. The molecule has 0 aliphatic carbocycles. The van der Waals surface area contributed by atoms with Gasteiger partial charge >= 0.3 is 0 Å². The summed E-state index contributed by atoms with van der Waals surface area (Å²) in [5.41, 5.74) is 2.56. The second-order valence-electron chi connectivity index (χ2n) is 6.52. The number of carbonyl (C=O) groups excluding carboxylic acids is 2. The van der Waals surface area contributed by atoms with E-state index in [0.717, 1.165) is 16.8 Å². The molecule has 0 fully saturated rings. The molecule has 0 unspecified atom stereocenters. The van der Waals surface area contributed by atoms with Crippen molar-refractivity contribution in [3.8, 4) is 0 Å². The molecule has 2 aromatic rings. The SMILES string of the molecule is CNC(=O)Cc1ccc(NC(=O)CC(C)(C)c2ccccc2)cc1. The van der Waals surface area contributed by atoms with Crippen LogP contribution in [0.25, 0.3) is 0 Å². The van der Waals surface area contributed by atoms with Gasteiger partial charge in [-0.15, -0.1) is 0 Å². The predicted molar refractivity (Wildman–Crippen MR) is 96.9 cm³/mol. The van der Waals surface area contributed by atoms with Gasteiger partial charge in [0.05, 0.1) is 6.42 Å². The Labute approximate surface area is 143 Å². The average molecular weight is 324 g/mol. The minimum absolute atomic E-state index is 0.0251. The highest BCUT2D eigenvalue weighted by Crippen LogP contribution is 2.27. The predicted octanol–water partition coefficient (Wildman–Crippen LogP) is 3.28. The molecule has 0 saturated carbocycles. The standard InChI is InChI=1S/C20H24N2O2/c1-20(2,16-7-5-4-6-8-16)14-19(24)22-17-11-9-15(10-12-17)13-18(23)21-3/h4-12H,13-14H2,1-3H3,(H,21,23)(H,22,24).